The molecule has 4 heteroatoms. The van der Waals surface area contributed by atoms with Gasteiger partial charge in [0.25, 0.3) is 0 Å². The summed E-state index contributed by atoms with van der Waals surface area (Å²) in [7, 11) is 0. The van der Waals surface area contributed by atoms with Crippen molar-refractivity contribution in [2.45, 2.75) is 77.9 Å². The van der Waals surface area contributed by atoms with Crippen molar-refractivity contribution in [3.05, 3.63) is 11.6 Å². The van der Waals surface area contributed by atoms with Crippen molar-refractivity contribution >= 4 is 11.8 Å². The summed E-state index contributed by atoms with van der Waals surface area (Å²) in [5.74, 6) is 1.48. The van der Waals surface area contributed by atoms with Gasteiger partial charge in [-0.05, 0) is 73.3 Å². The van der Waals surface area contributed by atoms with Crippen molar-refractivity contribution in [3.63, 3.8) is 0 Å². The van der Waals surface area contributed by atoms with E-state index in [1.807, 2.05) is 0 Å². The Kier molecular flexibility index (Phi) is 3.91. The van der Waals surface area contributed by atoms with Gasteiger partial charge >= 0.3 is 5.97 Å². The molecule has 1 N–H and O–H groups in total. The molecule has 0 radical (unpaired) electrons. The predicted octanol–water partition coefficient (Wildman–Crippen LogP) is 3.42. The molecule has 4 nitrogen and oxygen atoms in total. The van der Waals surface area contributed by atoms with Crippen molar-refractivity contribution in [2.75, 3.05) is 0 Å². The van der Waals surface area contributed by atoms with Gasteiger partial charge in [-0.1, -0.05) is 13.8 Å². The minimum absolute atomic E-state index is 0.0192. The molecule has 3 fully saturated rings. The van der Waals surface area contributed by atoms with Crippen molar-refractivity contribution in [2.24, 2.45) is 28.6 Å². The van der Waals surface area contributed by atoms with Crippen LogP contribution in [0.2, 0.25) is 0 Å². The number of fused-ring (bicyclic) bond motifs is 5. The first-order valence-electron chi connectivity index (χ1n) is 9.86. The van der Waals surface area contributed by atoms with Crippen LogP contribution in [-0.2, 0) is 14.3 Å². The normalized spacial score (nSPS) is 48.9. The second-order valence-corrected chi connectivity index (χ2v) is 9.33. The predicted molar refractivity (Wildman–Crippen MR) is 93.7 cm³/mol. The molecule has 0 amide bonds. The summed E-state index contributed by atoms with van der Waals surface area (Å²) in [6.07, 6.45) is 7.69. The van der Waals surface area contributed by atoms with E-state index in [0.717, 1.165) is 44.1 Å². The fourth-order valence-corrected chi connectivity index (χ4v) is 6.95. The van der Waals surface area contributed by atoms with Gasteiger partial charge in [0.05, 0.1) is 6.10 Å². The molecule has 4 aliphatic rings. The summed E-state index contributed by atoms with van der Waals surface area (Å²) in [4.78, 5) is 23.4. The van der Waals surface area contributed by atoms with Crippen LogP contribution in [0.15, 0.2) is 11.6 Å². The Bertz CT molecular complexity index is 638. The molecule has 0 aromatic carbocycles. The van der Waals surface area contributed by atoms with Crippen LogP contribution in [0.5, 0.6) is 0 Å². The fourth-order valence-electron chi connectivity index (χ4n) is 6.95. The number of ether oxygens (including phenoxy) is 1. The summed E-state index contributed by atoms with van der Waals surface area (Å²) < 4.78 is 5.68. The molecular weight excluding hydrogens is 316 g/mol. The zero-order chi connectivity index (χ0) is 18.0. The Morgan fingerprint density at radius 3 is 2.68 bits per heavy atom. The van der Waals surface area contributed by atoms with Gasteiger partial charge in [-0.3, -0.25) is 9.59 Å². The SMILES string of the molecule is CC(=O)O[C@@H]1CC[C@H]2[C@@H]3C[C@@H](O)C4=CC(=O)CC[C@]4(C)[C@H]3CC[C@]12C. The van der Waals surface area contributed by atoms with Gasteiger partial charge in [-0.15, -0.1) is 0 Å². The number of carbonyl (C=O) groups is 2. The highest BCUT2D eigenvalue weighted by atomic mass is 16.5. The van der Waals surface area contributed by atoms with Crippen molar-refractivity contribution in [1.82, 2.24) is 0 Å². The largest absolute Gasteiger partial charge is 0.462 e. The van der Waals surface area contributed by atoms with Crippen LogP contribution in [-0.4, -0.2) is 29.1 Å². The van der Waals surface area contributed by atoms with Gasteiger partial charge in [0.15, 0.2) is 5.78 Å². The van der Waals surface area contributed by atoms with Gasteiger partial charge in [-0.2, -0.15) is 0 Å². The van der Waals surface area contributed by atoms with Gasteiger partial charge in [0.2, 0.25) is 0 Å². The van der Waals surface area contributed by atoms with Gasteiger partial charge in [0, 0.05) is 18.8 Å². The zero-order valence-electron chi connectivity index (χ0n) is 15.6. The van der Waals surface area contributed by atoms with Crippen LogP contribution in [0.1, 0.15) is 65.7 Å². The van der Waals surface area contributed by atoms with E-state index >= 15 is 0 Å². The molecule has 0 unspecified atom stereocenters. The molecule has 7 atom stereocenters. The van der Waals surface area contributed by atoms with E-state index in [0.29, 0.717) is 24.2 Å². The number of hydrogen-bond donors (Lipinski definition) is 1. The molecule has 4 rings (SSSR count). The maximum atomic E-state index is 11.9. The second-order valence-electron chi connectivity index (χ2n) is 9.33. The lowest BCUT2D eigenvalue weighted by atomic mass is 9.47. The first-order chi connectivity index (χ1) is 11.8. The topological polar surface area (TPSA) is 63.6 Å². The van der Waals surface area contributed by atoms with E-state index in [4.69, 9.17) is 4.74 Å². The van der Waals surface area contributed by atoms with Gasteiger partial charge in [-0.25, -0.2) is 0 Å². The van der Waals surface area contributed by atoms with Crippen LogP contribution >= 0.6 is 0 Å². The van der Waals surface area contributed by atoms with Gasteiger partial charge < -0.3 is 9.84 Å². The highest BCUT2D eigenvalue weighted by Crippen LogP contribution is 2.65. The number of hydrogen-bond acceptors (Lipinski definition) is 4. The van der Waals surface area contributed by atoms with Crippen LogP contribution in [0.25, 0.3) is 0 Å². The Morgan fingerprint density at radius 1 is 1.20 bits per heavy atom. The lowest BCUT2D eigenvalue weighted by molar-refractivity contribution is -0.158. The average Bonchev–Trinajstić information content (AvgIpc) is 2.86. The van der Waals surface area contributed by atoms with Crippen molar-refractivity contribution in [3.8, 4) is 0 Å². The number of aliphatic hydroxyl groups excluding tert-OH is 1. The maximum Gasteiger partial charge on any atom is 0.302 e. The summed E-state index contributed by atoms with van der Waals surface area (Å²) in [6, 6.07) is 0. The summed E-state index contributed by atoms with van der Waals surface area (Å²) in [5, 5.41) is 10.8. The Morgan fingerprint density at radius 2 is 1.96 bits per heavy atom. The van der Waals surface area contributed by atoms with Crippen molar-refractivity contribution < 1.29 is 19.4 Å². The molecule has 138 valence electrons. The standard InChI is InChI=1S/C21H30O4/c1-12(22)25-19-5-4-15-14-11-18(24)17-10-13(23)6-8-20(17,2)16(14)7-9-21(15,19)3/h10,14-16,18-19,24H,4-9,11H2,1-3H3/t14-,15-,16-,18+,19+,20+,21-/m0/s1. The molecule has 0 aromatic heterocycles. The molecule has 3 saturated carbocycles. The van der Waals surface area contributed by atoms with E-state index in [-0.39, 0.29) is 28.7 Å². The molecule has 0 heterocycles. The number of rotatable bonds is 1. The highest BCUT2D eigenvalue weighted by molar-refractivity contribution is 5.91. The highest BCUT2D eigenvalue weighted by Gasteiger charge is 2.61. The van der Waals surface area contributed by atoms with Crippen LogP contribution in [0.4, 0.5) is 0 Å². The van der Waals surface area contributed by atoms with E-state index in [9.17, 15) is 14.7 Å². The summed E-state index contributed by atoms with van der Waals surface area (Å²) in [6.45, 7) is 6.06. The third-order valence-electron chi connectivity index (χ3n) is 8.20. The molecule has 0 bridgehead atoms. The van der Waals surface area contributed by atoms with E-state index in [2.05, 4.69) is 13.8 Å². The van der Waals surface area contributed by atoms with Crippen LogP contribution < -0.4 is 0 Å². The molecular formula is C21H30O4. The van der Waals surface area contributed by atoms with Crippen molar-refractivity contribution in [1.29, 1.82) is 0 Å². The number of ketones is 1. The van der Waals surface area contributed by atoms with E-state index < -0.39 is 6.10 Å². The molecule has 25 heavy (non-hydrogen) atoms. The van der Waals surface area contributed by atoms with Gasteiger partial charge in [0.1, 0.15) is 6.10 Å². The Hall–Kier alpha value is -1.16. The Labute approximate surface area is 150 Å². The van der Waals surface area contributed by atoms with Crippen LogP contribution in [0.3, 0.4) is 0 Å². The first kappa shape index (κ1) is 17.3. The maximum absolute atomic E-state index is 11.9. The molecule has 0 aromatic rings. The lowest BCUT2D eigenvalue weighted by Crippen LogP contribution is -2.54. The molecule has 4 aliphatic carbocycles. The van der Waals surface area contributed by atoms with Crippen LogP contribution in [0, 0.1) is 28.6 Å². The minimum atomic E-state index is -0.495. The minimum Gasteiger partial charge on any atom is -0.462 e. The molecule has 0 aliphatic heterocycles. The fraction of sp³-hybridized carbons (Fsp3) is 0.810. The molecule has 0 spiro atoms. The third kappa shape index (κ3) is 2.43. The number of esters is 1. The molecule has 0 saturated heterocycles. The quantitative estimate of drug-likeness (QED) is 0.739. The zero-order valence-corrected chi connectivity index (χ0v) is 15.6. The average molecular weight is 346 g/mol. The number of aliphatic hydroxyl groups is 1. The third-order valence-corrected chi connectivity index (χ3v) is 8.20. The first-order valence-corrected chi connectivity index (χ1v) is 9.86. The van der Waals surface area contributed by atoms with E-state index in [1.165, 1.54) is 6.92 Å². The second kappa shape index (κ2) is 5.67. The van der Waals surface area contributed by atoms with E-state index in [1.54, 1.807) is 6.08 Å². The smallest absolute Gasteiger partial charge is 0.302 e. The summed E-state index contributed by atoms with van der Waals surface area (Å²) >= 11 is 0. The monoisotopic (exact) mass is 346 g/mol. The summed E-state index contributed by atoms with van der Waals surface area (Å²) in [5.41, 5.74) is 0.981. The number of carbonyl (C=O) groups excluding carboxylic acids is 2. The Balaban J connectivity index is 1.66. The lowest BCUT2D eigenvalue weighted by Gasteiger charge is -2.58.